The van der Waals surface area contributed by atoms with Gasteiger partial charge in [0.05, 0.1) is 0 Å². The van der Waals surface area contributed by atoms with E-state index in [4.69, 9.17) is 11.5 Å². The first kappa shape index (κ1) is 11.0. The van der Waals surface area contributed by atoms with E-state index in [-0.39, 0.29) is 18.1 Å². The van der Waals surface area contributed by atoms with E-state index in [1.165, 1.54) is 0 Å². The molecular formula is C11H18N2O. The summed E-state index contributed by atoms with van der Waals surface area (Å²) >= 11 is 0. The van der Waals surface area contributed by atoms with Crippen LogP contribution in [0.2, 0.25) is 0 Å². The predicted octanol–water partition coefficient (Wildman–Crippen LogP) is 1.29. The molecule has 0 spiro atoms. The molecule has 0 heterocycles. The van der Waals surface area contributed by atoms with Crippen LogP contribution in [-0.4, -0.2) is 11.7 Å². The molecule has 3 nitrogen and oxygen atoms in total. The number of rotatable bonds is 3. The van der Waals surface area contributed by atoms with Crippen LogP contribution in [0.15, 0.2) is 24.3 Å². The van der Waals surface area contributed by atoms with Crippen LogP contribution in [0.5, 0.6) is 0 Å². The maximum Gasteiger partial charge on any atom is 0.0500 e. The second kappa shape index (κ2) is 3.98. The Morgan fingerprint density at radius 1 is 1.29 bits per heavy atom. The zero-order valence-electron chi connectivity index (χ0n) is 8.70. The van der Waals surface area contributed by atoms with Gasteiger partial charge in [-0.05, 0) is 17.7 Å². The fraction of sp³-hybridized carbons (Fsp3) is 0.455. The highest BCUT2D eigenvalue weighted by molar-refractivity contribution is 5.40. The van der Waals surface area contributed by atoms with Crippen LogP contribution in [0.3, 0.4) is 0 Å². The van der Waals surface area contributed by atoms with Crippen molar-refractivity contribution in [2.45, 2.75) is 19.9 Å². The van der Waals surface area contributed by atoms with Gasteiger partial charge in [-0.2, -0.15) is 0 Å². The summed E-state index contributed by atoms with van der Waals surface area (Å²) in [5.41, 5.74) is 13.0. The number of benzene rings is 1. The second-order valence-corrected chi connectivity index (χ2v) is 4.29. The van der Waals surface area contributed by atoms with E-state index in [0.29, 0.717) is 0 Å². The molecule has 1 aromatic carbocycles. The maximum absolute atomic E-state index is 9.18. The van der Waals surface area contributed by atoms with E-state index in [2.05, 4.69) is 0 Å². The SMILES string of the molecule is CC(C)(CO)C(N)c1ccc(N)cc1. The quantitative estimate of drug-likeness (QED) is 0.635. The summed E-state index contributed by atoms with van der Waals surface area (Å²) < 4.78 is 0. The molecule has 78 valence electrons. The summed E-state index contributed by atoms with van der Waals surface area (Å²) in [7, 11) is 0. The number of nitrogen functional groups attached to an aromatic ring is 1. The van der Waals surface area contributed by atoms with Gasteiger partial charge in [0.1, 0.15) is 0 Å². The van der Waals surface area contributed by atoms with Gasteiger partial charge < -0.3 is 16.6 Å². The van der Waals surface area contributed by atoms with E-state index < -0.39 is 0 Å². The van der Waals surface area contributed by atoms with Gasteiger partial charge in [0.15, 0.2) is 0 Å². The summed E-state index contributed by atoms with van der Waals surface area (Å²) in [5.74, 6) is 0. The highest BCUT2D eigenvalue weighted by Gasteiger charge is 2.26. The lowest BCUT2D eigenvalue weighted by molar-refractivity contribution is 0.132. The van der Waals surface area contributed by atoms with Crippen molar-refractivity contribution in [2.75, 3.05) is 12.3 Å². The normalized spacial score (nSPS) is 14.0. The van der Waals surface area contributed by atoms with Crippen molar-refractivity contribution in [1.82, 2.24) is 0 Å². The van der Waals surface area contributed by atoms with Crippen LogP contribution < -0.4 is 11.5 Å². The molecule has 0 amide bonds. The van der Waals surface area contributed by atoms with Gasteiger partial charge in [-0.3, -0.25) is 0 Å². The highest BCUT2D eigenvalue weighted by Crippen LogP contribution is 2.30. The number of anilines is 1. The molecule has 14 heavy (non-hydrogen) atoms. The molecule has 1 rings (SSSR count). The molecular weight excluding hydrogens is 176 g/mol. The summed E-state index contributed by atoms with van der Waals surface area (Å²) in [6.45, 7) is 3.95. The zero-order valence-corrected chi connectivity index (χ0v) is 8.70. The minimum absolute atomic E-state index is 0.0680. The van der Waals surface area contributed by atoms with Crippen molar-refractivity contribution in [1.29, 1.82) is 0 Å². The lowest BCUT2D eigenvalue weighted by Gasteiger charge is -2.29. The van der Waals surface area contributed by atoms with Crippen molar-refractivity contribution < 1.29 is 5.11 Å². The standard InChI is InChI=1S/C11H18N2O/c1-11(2,7-14)10(13)8-3-5-9(12)6-4-8/h3-6,10,14H,7,12-13H2,1-2H3. The molecule has 1 unspecified atom stereocenters. The Hall–Kier alpha value is -1.06. The first-order valence-electron chi connectivity index (χ1n) is 4.69. The summed E-state index contributed by atoms with van der Waals surface area (Å²) in [5, 5.41) is 9.18. The molecule has 1 aromatic rings. The zero-order chi connectivity index (χ0) is 10.8. The molecule has 0 aliphatic carbocycles. The monoisotopic (exact) mass is 194 g/mol. The third-order valence-corrected chi connectivity index (χ3v) is 2.55. The molecule has 0 saturated heterocycles. The van der Waals surface area contributed by atoms with E-state index >= 15 is 0 Å². The maximum atomic E-state index is 9.18. The Kier molecular flexibility index (Phi) is 3.13. The van der Waals surface area contributed by atoms with Crippen molar-refractivity contribution in [3.63, 3.8) is 0 Å². The Labute approximate surface area is 84.7 Å². The molecule has 0 bridgehead atoms. The van der Waals surface area contributed by atoms with Crippen molar-refractivity contribution >= 4 is 5.69 Å². The lowest BCUT2D eigenvalue weighted by Crippen LogP contribution is -2.32. The Morgan fingerprint density at radius 3 is 2.21 bits per heavy atom. The molecule has 0 fully saturated rings. The van der Waals surface area contributed by atoms with Crippen LogP contribution >= 0.6 is 0 Å². The minimum Gasteiger partial charge on any atom is -0.399 e. The van der Waals surface area contributed by atoms with E-state index in [1.807, 2.05) is 38.1 Å². The molecule has 0 aliphatic rings. The molecule has 0 aromatic heterocycles. The van der Waals surface area contributed by atoms with Crippen molar-refractivity contribution in [3.8, 4) is 0 Å². The Balaban J connectivity index is 2.89. The lowest BCUT2D eigenvalue weighted by atomic mass is 9.82. The predicted molar refractivity (Wildman–Crippen MR) is 58.6 cm³/mol. The average Bonchev–Trinajstić information content (AvgIpc) is 2.18. The topological polar surface area (TPSA) is 72.3 Å². The molecule has 5 N–H and O–H groups in total. The Bertz CT molecular complexity index is 293. The third kappa shape index (κ3) is 2.25. The summed E-state index contributed by atoms with van der Waals surface area (Å²) in [4.78, 5) is 0. The van der Waals surface area contributed by atoms with Crippen LogP contribution in [0, 0.1) is 5.41 Å². The van der Waals surface area contributed by atoms with Crippen LogP contribution in [0.25, 0.3) is 0 Å². The van der Waals surface area contributed by atoms with Crippen LogP contribution in [0.1, 0.15) is 25.5 Å². The van der Waals surface area contributed by atoms with Crippen molar-refractivity contribution in [3.05, 3.63) is 29.8 Å². The molecule has 1 atom stereocenters. The fourth-order valence-corrected chi connectivity index (χ4v) is 1.25. The van der Waals surface area contributed by atoms with Crippen LogP contribution in [0.4, 0.5) is 5.69 Å². The van der Waals surface area contributed by atoms with Gasteiger partial charge >= 0.3 is 0 Å². The smallest absolute Gasteiger partial charge is 0.0500 e. The van der Waals surface area contributed by atoms with Crippen molar-refractivity contribution in [2.24, 2.45) is 11.1 Å². The van der Waals surface area contributed by atoms with Crippen LogP contribution in [-0.2, 0) is 0 Å². The second-order valence-electron chi connectivity index (χ2n) is 4.29. The number of nitrogens with two attached hydrogens (primary N) is 2. The number of aliphatic hydroxyl groups is 1. The highest BCUT2D eigenvalue weighted by atomic mass is 16.3. The molecule has 0 aliphatic heterocycles. The van der Waals surface area contributed by atoms with E-state index in [9.17, 15) is 5.11 Å². The largest absolute Gasteiger partial charge is 0.399 e. The molecule has 0 radical (unpaired) electrons. The van der Waals surface area contributed by atoms with E-state index in [0.717, 1.165) is 11.3 Å². The third-order valence-electron chi connectivity index (χ3n) is 2.55. The minimum atomic E-state index is -0.309. The summed E-state index contributed by atoms with van der Waals surface area (Å²) in [6.07, 6.45) is 0. The van der Waals surface area contributed by atoms with Gasteiger partial charge in [0, 0.05) is 23.8 Å². The van der Waals surface area contributed by atoms with Gasteiger partial charge in [-0.1, -0.05) is 26.0 Å². The first-order chi connectivity index (χ1) is 6.47. The average molecular weight is 194 g/mol. The molecule has 0 saturated carbocycles. The first-order valence-corrected chi connectivity index (χ1v) is 4.69. The Morgan fingerprint density at radius 2 is 1.79 bits per heavy atom. The van der Waals surface area contributed by atoms with E-state index in [1.54, 1.807) is 0 Å². The van der Waals surface area contributed by atoms with Gasteiger partial charge in [-0.25, -0.2) is 0 Å². The number of hydrogen-bond acceptors (Lipinski definition) is 3. The van der Waals surface area contributed by atoms with Gasteiger partial charge in [-0.15, -0.1) is 0 Å². The fourth-order valence-electron chi connectivity index (χ4n) is 1.25. The van der Waals surface area contributed by atoms with Gasteiger partial charge in [0.2, 0.25) is 0 Å². The number of aliphatic hydroxyl groups excluding tert-OH is 1. The summed E-state index contributed by atoms with van der Waals surface area (Å²) in [6, 6.07) is 7.27. The molecule has 3 heteroatoms. The van der Waals surface area contributed by atoms with Gasteiger partial charge in [0.25, 0.3) is 0 Å². The number of hydrogen-bond donors (Lipinski definition) is 3.